The smallest absolute Gasteiger partial charge is 0.387 e. The van der Waals surface area contributed by atoms with Gasteiger partial charge < -0.3 is 4.74 Å². The van der Waals surface area contributed by atoms with Crippen LogP contribution in [0.1, 0.15) is 0 Å². The van der Waals surface area contributed by atoms with Crippen molar-refractivity contribution in [3.8, 4) is 5.75 Å². The molecule has 0 aliphatic heterocycles. The van der Waals surface area contributed by atoms with Crippen LogP contribution in [-0.2, 0) is 0 Å². The summed E-state index contributed by atoms with van der Waals surface area (Å²) in [7, 11) is 0. The second-order valence-corrected chi connectivity index (χ2v) is 3.06. The van der Waals surface area contributed by atoms with E-state index in [0.717, 1.165) is 0 Å². The Bertz CT molecular complexity index is 213. The number of hydrogen-bond acceptors (Lipinski definition) is 2. The summed E-state index contributed by atoms with van der Waals surface area (Å²) in [4.78, 5) is 0. The first-order chi connectivity index (χ1) is 4.70. The molecule has 56 valence electrons. The second-order valence-electron chi connectivity index (χ2n) is 1.46. The zero-order valence-electron chi connectivity index (χ0n) is 4.68. The molecule has 5 heteroatoms. The third-order valence-electron chi connectivity index (χ3n) is 0.798. The molecular formula is C5H3BrF2OS. The molecule has 1 rings (SSSR count). The summed E-state index contributed by atoms with van der Waals surface area (Å²) in [6.45, 7) is -2.74. The van der Waals surface area contributed by atoms with E-state index in [1.54, 1.807) is 5.38 Å². The Morgan fingerprint density at radius 1 is 1.50 bits per heavy atom. The molecule has 0 saturated carbocycles. The van der Waals surface area contributed by atoms with Crippen LogP contribution in [-0.4, -0.2) is 6.61 Å². The number of hydrogen-bond donors (Lipinski definition) is 0. The molecule has 1 aromatic heterocycles. The summed E-state index contributed by atoms with van der Waals surface area (Å²) in [5.74, 6) is 0.194. The number of thiophene rings is 1. The molecule has 0 amide bonds. The van der Waals surface area contributed by atoms with Crippen molar-refractivity contribution >= 4 is 27.3 Å². The molecule has 0 unspecified atom stereocenters. The Labute approximate surface area is 68.7 Å². The van der Waals surface area contributed by atoms with Crippen LogP contribution in [0.2, 0.25) is 0 Å². The van der Waals surface area contributed by atoms with Crippen LogP contribution in [0.5, 0.6) is 5.75 Å². The fourth-order valence-corrected chi connectivity index (χ4v) is 1.74. The first-order valence-corrected chi connectivity index (χ1v) is 4.10. The number of rotatable bonds is 2. The van der Waals surface area contributed by atoms with Crippen molar-refractivity contribution in [1.82, 2.24) is 0 Å². The van der Waals surface area contributed by atoms with Gasteiger partial charge in [0.1, 0.15) is 0 Å². The first kappa shape index (κ1) is 7.94. The van der Waals surface area contributed by atoms with E-state index in [1.807, 2.05) is 0 Å². The molecule has 0 fully saturated rings. The fourth-order valence-electron chi connectivity index (χ4n) is 0.450. The van der Waals surface area contributed by atoms with Crippen LogP contribution < -0.4 is 4.74 Å². The largest absolute Gasteiger partial charge is 0.433 e. The van der Waals surface area contributed by atoms with Gasteiger partial charge in [-0.25, -0.2) is 0 Å². The van der Waals surface area contributed by atoms with Crippen LogP contribution in [0, 0.1) is 0 Å². The van der Waals surface area contributed by atoms with Crippen molar-refractivity contribution in [3.05, 3.63) is 15.2 Å². The molecule has 0 bridgehead atoms. The Hall–Kier alpha value is -0.160. The molecule has 0 radical (unpaired) electrons. The standard InChI is InChI=1S/C5H3BrF2OS/c6-3-1-10-2-4(3)9-5(7)8/h1-2,5H. The molecule has 0 saturated heterocycles. The van der Waals surface area contributed by atoms with Gasteiger partial charge in [-0.05, 0) is 15.9 Å². The van der Waals surface area contributed by atoms with Crippen LogP contribution in [0.25, 0.3) is 0 Å². The SMILES string of the molecule is FC(F)Oc1cscc1Br. The zero-order chi connectivity index (χ0) is 7.56. The van der Waals surface area contributed by atoms with E-state index in [-0.39, 0.29) is 5.75 Å². The summed E-state index contributed by atoms with van der Waals surface area (Å²) in [6.07, 6.45) is 0. The predicted molar refractivity (Wildman–Crippen MR) is 38.7 cm³/mol. The van der Waals surface area contributed by atoms with Gasteiger partial charge in [-0.3, -0.25) is 0 Å². The fraction of sp³-hybridized carbons (Fsp3) is 0.200. The monoisotopic (exact) mass is 228 g/mol. The molecule has 10 heavy (non-hydrogen) atoms. The van der Waals surface area contributed by atoms with Crippen molar-refractivity contribution in [2.24, 2.45) is 0 Å². The molecule has 1 aromatic rings. The maximum absolute atomic E-state index is 11.5. The Morgan fingerprint density at radius 3 is 2.60 bits per heavy atom. The highest BCUT2D eigenvalue weighted by molar-refractivity contribution is 9.10. The normalized spacial score (nSPS) is 10.4. The van der Waals surface area contributed by atoms with E-state index in [4.69, 9.17) is 0 Å². The minimum atomic E-state index is -2.74. The van der Waals surface area contributed by atoms with Crippen LogP contribution in [0.15, 0.2) is 15.2 Å². The molecule has 1 nitrogen and oxygen atoms in total. The average Bonchev–Trinajstić information content (AvgIpc) is 2.15. The van der Waals surface area contributed by atoms with Gasteiger partial charge in [-0.1, -0.05) is 0 Å². The molecular weight excluding hydrogens is 226 g/mol. The number of ether oxygens (including phenoxy) is 1. The average molecular weight is 229 g/mol. The highest BCUT2D eigenvalue weighted by Crippen LogP contribution is 2.29. The first-order valence-electron chi connectivity index (χ1n) is 2.36. The summed E-state index contributed by atoms with van der Waals surface area (Å²) in [5.41, 5.74) is 0. The molecule has 0 spiro atoms. The van der Waals surface area contributed by atoms with E-state index in [0.29, 0.717) is 4.47 Å². The topological polar surface area (TPSA) is 9.23 Å². The van der Waals surface area contributed by atoms with E-state index < -0.39 is 6.61 Å². The van der Waals surface area contributed by atoms with Crippen molar-refractivity contribution in [2.45, 2.75) is 6.61 Å². The summed E-state index contributed by atoms with van der Waals surface area (Å²) in [6, 6.07) is 0. The lowest BCUT2D eigenvalue weighted by atomic mass is 10.6. The Morgan fingerprint density at radius 2 is 2.20 bits per heavy atom. The molecule has 0 N–H and O–H groups in total. The second kappa shape index (κ2) is 3.30. The molecule has 0 aromatic carbocycles. The lowest BCUT2D eigenvalue weighted by Crippen LogP contribution is -2.00. The van der Waals surface area contributed by atoms with Crippen LogP contribution in [0.3, 0.4) is 0 Å². The quantitative estimate of drug-likeness (QED) is 0.756. The molecule has 0 aliphatic carbocycles. The van der Waals surface area contributed by atoms with Gasteiger partial charge in [0.05, 0.1) is 4.47 Å². The van der Waals surface area contributed by atoms with Crippen molar-refractivity contribution in [1.29, 1.82) is 0 Å². The maximum Gasteiger partial charge on any atom is 0.387 e. The van der Waals surface area contributed by atoms with E-state index in [2.05, 4.69) is 20.7 Å². The van der Waals surface area contributed by atoms with Gasteiger partial charge in [0.15, 0.2) is 5.75 Å². The summed E-state index contributed by atoms with van der Waals surface area (Å²) < 4.78 is 27.8. The highest BCUT2D eigenvalue weighted by Gasteiger charge is 2.07. The number of halogens is 3. The minimum Gasteiger partial charge on any atom is -0.433 e. The molecule has 0 atom stereocenters. The summed E-state index contributed by atoms with van der Waals surface area (Å²) in [5, 5.41) is 3.19. The van der Waals surface area contributed by atoms with E-state index >= 15 is 0 Å². The van der Waals surface area contributed by atoms with Crippen molar-refractivity contribution < 1.29 is 13.5 Å². The van der Waals surface area contributed by atoms with Crippen molar-refractivity contribution in [3.63, 3.8) is 0 Å². The zero-order valence-corrected chi connectivity index (χ0v) is 7.08. The third kappa shape index (κ3) is 1.91. The van der Waals surface area contributed by atoms with Gasteiger partial charge in [0, 0.05) is 10.8 Å². The van der Waals surface area contributed by atoms with Gasteiger partial charge in [-0.2, -0.15) is 8.78 Å². The van der Waals surface area contributed by atoms with Crippen LogP contribution >= 0.6 is 27.3 Å². The Balaban J connectivity index is 2.65. The van der Waals surface area contributed by atoms with Gasteiger partial charge in [-0.15, -0.1) is 11.3 Å². The van der Waals surface area contributed by atoms with Crippen LogP contribution in [0.4, 0.5) is 8.78 Å². The third-order valence-corrected chi connectivity index (χ3v) is 2.44. The predicted octanol–water partition coefficient (Wildman–Crippen LogP) is 3.11. The van der Waals surface area contributed by atoms with Gasteiger partial charge in [0.2, 0.25) is 0 Å². The molecule has 1 heterocycles. The summed E-state index contributed by atoms with van der Waals surface area (Å²) >= 11 is 4.35. The lowest BCUT2D eigenvalue weighted by Gasteiger charge is -2.00. The highest BCUT2D eigenvalue weighted by atomic mass is 79.9. The lowest BCUT2D eigenvalue weighted by molar-refractivity contribution is -0.0500. The van der Waals surface area contributed by atoms with Gasteiger partial charge in [0.25, 0.3) is 0 Å². The minimum absolute atomic E-state index is 0.194. The van der Waals surface area contributed by atoms with E-state index in [9.17, 15) is 8.78 Å². The maximum atomic E-state index is 11.5. The molecule has 0 aliphatic rings. The van der Waals surface area contributed by atoms with Gasteiger partial charge >= 0.3 is 6.61 Å². The number of alkyl halides is 2. The Kier molecular flexibility index (Phi) is 2.62. The van der Waals surface area contributed by atoms with E-state index in [1.165, 1.54) is 16.7 Å². The van der Waals surface area contributed by atoms with Crippen molar-refractivity contribution in [2.75, 3.05) is 0 Å².